The van der Waals surface area contributed by atoms with Crippen LogP contribution in [-0.2, 0) is 22.5 Å². The average molecular weight is 400 g/mol. The summed E-state index contributed by atoms with van der Waals surface area (Å²) in [5.74, 6) is 0.746. The summed E-state index contributed by atoms with van der Waals surface area (Å²) < 4.78 is 12.8. The number of esters is 1. The third kappa shape index (κ3) is 5.18. The van der Waals surface area contributed by atoms with Crippen LogP contribution in [0.15, 0.2) is 36.7 Å². The Kier molecular flexibility index (Phi) is 6.96. The lowest BCUT2D eigenvalue weighted by molar-refractivity contribution is -0.158. The van der Waals surface area contributed by atoms with Gasteiger partial charge in [-0.2, -0.15) is 5.10 Å². The van der Waals surface area contributed by atoms with Crippen molar-refractivity contribution in [3.8, 4) is 5.75 Å². The third-order valence-corrected chi connectivity index (χ3v) is 5.79. The Morgan fingerprint density at radius 2 is 2.00 bits per heavy atom. The van der Waals surface area contributed by atoms with Crippen molar-refractivity contribution in [2.45, 2.75) is 52.6 Å². The molecule has 1 aliphatic heterocycles. The number of benzene rings is 1. The molecule has 1 saturated heterocycles. The molecule has 29 heavy (non-hydrogen) atoms. The van der Waals surface area contributed by atoms with Gasteiger partial charge in [-0.05, 0) is 70.8 Å². The molecule has 0 bridgehead atoms. The summed E-state index contributed by atoms with van der Waals surface area (Å²) in [5, 5.41) is 4.44. The SMILES string of the molecule is CCOC(=O)C1(Cc2cccc(OC)c2)CCN(Cc2cnn(C(C)C)c2)CC1. The second-order valence-corrected chi connectivity index (χ2v) is 8.23. The van der Waals surface area contributed by atoms with Gasteiger partial charge in [0.2, 0.25) is 0 Å². The quantitative estimate of drug-likeness (QED) is 0.631. The number of aromatic nitrogens is 2. The minimum atomic E-state index is -0.471. The van der Waals surface area contributed by atoms with E-state index < -0.39 is 5.41 Å². The minimum Gasteiger partial charge on any atom is -0.497 e. The number of likely N-dealkylation sites (tertiary alicyclic amines) is 1. The molecule has 0 radical (unpaired) electrons. The van der Waals surface area contributed by atoms with Crippen molar-refractivity contribution < 1.29 is 14.3 Å². The number of ether oxygens (including phenoxy) is 2. The summed E-state index contributed by atoms with van der Waals surface area (Å²) >= 11 is 0. The zero-order chi connectivity index (χ0) is 20.9. The molecule has 6 nitrogen and oxygen atoms in total. The molecule has 0 unspecified atom stereocenters. The van der Waals surface area contributed by atoms with Crippen LogP contribution in [0, 0.1) is 5.41 Å². The van der Waals surface area contributed by atoms with E-state index in [0.29, 0.717) is 19.1 Å². The van der Waals surface area contributed by atoms with Gasteiger partial charge in [-0.15, -0.1) is 0 Å². The van der Waals surface area contributed by atoms with Gasteiger partial charge in [-0.3, -0.25) is 14.4 Å². The lowest BCUT2D eigenvalue weighted by Crippen LogP contribution is -2.46. The third-order valence-electron chi connectivity index (χ3n) is 5.79. The molecule has 6 heteroatoms. The van der Waals surface area contributed by atoms with Crippen LogP contribution >= 0.6 is 0 Å². The number of rotatable bonds is 8. The van der Waals surface area contributed by atoms with Crippen LogP contribution in [-0.4, -0.2) is 47.5 Å². The minimum absolute atomic E-state index is 0.0740. The zero-order valence-electron chi connectivity index (χ0n) is 18.1. The highest BCUT2D eigenvalue weighted by Gasteiger charge is 2.42. The van der Waals surface area contributed by atoms with Gasteiger partial charge in [0.05, 0.1) is 25.3 Å². The van der Waals surface area contributed by atoms with Crippen molar-refractivity contribution in [2.75, 3.05) is 26.8 Å². The van der Waals surface area contributed by atoms with E-state index >= 15 is 0 Å². The maximum absolute atomic E-state index is 12.9. The molecule has 1 aliphatic rings. The van der Waals surface area contributed by atoms with E-state index in [1.807, 2.05) is 36.0 Å². The Bertz CT molecular complexity index is 807. The fourth-order valence-corrected chi connectivity index (χ4v) is 4.05. The van der Waals surface area contributed by atoms with E-state index in [9.17, 15) is 4.79 Å². The van der Waals surface area contributed by atoms with Crippen molar-refractivity contribution >= 4 is 5.97 Å². The van der Waals surface area contributed by atoms with Crippen LogP contribution in [0.5, 0.6) is 5.75 Å². The zero-order valence-corrected chi connectivity index (χ0v) is 18.1. The second-order valence-electron chi connectivity index (χ2n) is 8.23. The Balaban J connectivity index is 1.69. The molecule has 0 amide bonds. The molecule has 158 valence electrons. The normalized spacial score (nSPS) is 16.7. The van der Waals surface area contributed by atoms with E-state index in [-0.39, 0.29) is 5.97 Å². The molecule has 0 atom stereocenters. The van der Waals surface area contributed by atoms with Crippen molar-refractivity contribution in [3.63, 3.8) is 0 Å². The van der Waals surface area contributed by atoms with Crippen molar-refractivity contribution in [3.05, 3.63) is 47.8 Å². The smallest absolute Gasteiger partial charge is 0.312 e. The van der Waals surface area contributed by atoms with Gasteiger partial charge in [0.1, 0.15) is 5.75 Å². The molecule has 2 aromatic rings. The lowest BCUT2D eigenvalue weighted by Gasteiger charge is -2.40. The van der Waals surface area contributed by atoms with Gasteiger partial charge in [0.15, 0.2) is 0 Å². The summed E-state index contributed by atoms with van der Waals surface area (Å²) in [6.07, 6.45) is 6.34. The summed E-state index contributed by atoms with van der Waals surface area (Å²) in [4.78, 5) is 15.3. The average Bonchev–Trinajstić information content (AvgIpc) is 3.19. The first kappa shape index (κ1) is 21.4. The molecular weight excluding hydrogens is 366 g/mol. The predicted molar refractivity (Wildman–Crippen MR) is 113 cm³/mol. The molecule has 1 aromatic heterocycles. The number of carbonyl (C=O) groups is 1. The van der Waals surface area contributed by atoms with Crippen molar-refractivity contribution in [1.82, 2.24) is 14.7 Å². The highest BCUT2D eigenvalue weighted by atomic mass is 16.5. The van der Waals surface area contributed by atoms with Crippen molar-refractivity contribution in [1.29, 1.82) is 0 Å². The van der Waals surface area contributed by atoms with Gasteiger partial charge < -0.3 is 9.47 Å². The Labute approximate surface area is 173 Å². The van der Waals surface area contributed by atoms with Crippen LogP contribution in [0.4, 0.5) is 0 Å². The second kappa shape index (κ2) is 9.44. The van der Waals surface area contributed by atoms with Gasteiger partial charge >= 0.3 is 5.97 Å². The molecule has 1 aromatic carbocycles. The summed E-state index contributed by atoms with van der Waals surface area (Å²) in [7, 11) is 1.67. The summed E-state index contributed by atoms with van der Waals surface area (Å²) in [5.41, 5.74) is 1.86. The monoisotopic (exact) mass is 399 g/mol. The van der Waals surface area contributed by atoms with E-state index in [0.717, 1.165) is 43.8 Å². The first-order valence-electron chi connectivity index (χ1n) is 10.5. The number of hydrogen-bond donors (Lipinski definition) is 0. The number of methoxy groups -OCH3 is 1. The molecule has 0 saturated carbocycles. The number of carbonyl (C=O) groups excluding carboxylic acids is 1. The Morgan fingerprint density at radius 3 is 2.62 bits per heavy atom. The molecule has 0 N–H and O–H groups in total. The maximum Gasteiger partial charge on any atom is 0.312 e. The Morgan fingerprint density at radius 1 is 1.24 bits per heavy atom. The molecule has 3 rings (SSSR count). The maximum atomic E-state index is 12.9. The number of piperidine rings is 1. The van der Waals surface area contributed by atoms with E-state index in [1.165, 1.54) is 5.56 Å². The van der Waals surface area contributed by atoms with E-state index in [1.54, 1.807) is 7.11 Å². The Hall–Kier alpha value is -2.34. The fourth-order valence-electron chi connectivity index (χ4n) is 4.05. The van der Waals surface area contributed by atoms with Crippen molar-refractivity contribution in [2.24, 2.45) is 5.41 Å². The van der Waals surface area contributed by atoms with Gasteiger partial charge in [-0.1, -0.05) is 12.1 Å². The predicted octanol–water partition coefficient (Wildman–Crippen LogP) is 3.86. The van der Waals surface area contributed by atoms with E-state index in [2.05, 4.69) is 36.1 Å². The standard InChI is InChI=1S/C23H33N3O3/c1-5-29-22(27)23(14-19-7-6-8-21(13-19)28-4)9-11-25(12-10-23)16-20-15-24-26(17-20)18(2)3/h6-8,13,15,17-18H,5,9-12,14,16H2,1-4H3. The van der Waals surface area contributed by atoms with Gasteiger partial charge in [0.25, 0.3) is 0 Å². The van der Waals surface area contributed by atoms with Gasteiger partial charge in [-0.25, -0.2) is 0 Å². The number of nitrogens with zero attached hydrogens (tertiary/aromatic N) is 3. The first-order chi connectivity index (χ1) is 14.0. The van der Waals surface area contributed by atoms with Crippen LogP contribution in [0.3, 0.4) is 0 Å². The van der Waals surface area contributed by atoms with E-state index in [4.69, 9.17) is 9.47 Å². The first-order valence-corrected chi connectivity index (χ1v) is 10.5. The molecular formula is C23H33N3O3. The summed E-state index contributed by atoms with van der Waals surface area (Å²) in [6.45, 7) is 9.15. The van der Waals surface area contributed by atoms with Gasteiger partial charge in [0, 0.05) is 24.3 Å². The molecule has 1 fully saturated rings. The summed E-state index contributed by atoms with van der Waals surface area (Å²) in [6, 6.07) is 8.36. The molecule has 0 aliphatic carbocycles. The van der Waals surface area contributed by atoms with Crippen LogP contribution < -0.4 is 4.74 Å². The molecule has 0 spiro atoms. The number of hydrogen-bond acceptors (Lipinski definition) is 5. The lowest BCUT2D eigenvalue weighted by atomic mass is 9.73. The van der Waals surface area contributed by atoms with Crippen LogP contribution in [0.1, 0.15) is 50.8 Å². The van der Waals surface area contributed by atoms with Crippen LogP contribution in [0.25, 0.3) is 0 Å². The highest BCUT2D eigenvalue weighted by Crippen LogP contribution is 2.37. The fraction of sp³-hybridized carbons (Fsp3) is 0.565. The van der Waals surface area contributed by atoms with Crippen LogP contribution in [0.2, 0.25) is 0 Å². The topological polar surface area (TPSA) is 56.6 Å². The highest BCUT2D eigenvalue weighted by molar-refractivity contribution is 5.77. The largest absolute Gasteiger partial charge is 0.497 e. The molecule has 2 heterocycles.